The molecule has 182 valence electrons. The highest BCUT2D eigenvalue weighted by molar-refractivity contribution is 6.09. The fourth-order valence-corrected chi connectivity index (χ4v) is 4.69. The van der Waals surface area contributed by atoms with Gasteiger partial charge in [0.2, 0.25) is 11.9 Å². The Bertz CT molecular complexity index is 1570. The van der Waals surface area contributed by atoms with Crippen LogP contribution in [0.25, 0.3) is 0 Å². The third-order valence-corrected chi connectivity index (χ3v) is 6.59. The average molecular weight is 495 g/mol. The molecule has 0 unspecified atom stereocenters. The Hall–Kier alpha value is -5.24. The summed E-state index contributed by atoms with van der Waals surface area (Å²) in [5, 5.41) is 6.47. The summed E-state index contributed by atoms with van der Waals surface area (Å²) >= 11 is 0. The molecular formula is C30H22N8. The van der Waals surface area contributed by atoms with Gasteiger partial charge in [0.25, 0.3) is 0 Å². The Balaban J connectivity index is 1.07. The highest BCUT2D eigenvalue weighted by Gasteiger charge is 2.19. The van der Waals surface area contributed by atoms with Gasteiger partial charge in [-0.15, -0.1) is 0 Å². The standard InChI is InChI=1S/C30H22N8/c1-11-31-29(32-12-1)35-23-9-7-21-15-25(37-27(21)17-23)19-3-5-20(6-4-19)26-16-22-8-10-24(18-28(22)38-26)36-30-33-13-2-14-34-30/h1-14,17-18H,15-16H2,(H,31,32,35)(H,33,34,36). The predicted molar refractivity (Wildman–Crippen MR) is 150 cm³/mol. The molecule has 0 atom stereocenters. The smallest absolute Gasteiger partial charge is 0.227 e. The van der Waals surface area contributed by atoms with Gasteiger partial charge in [-0.25, -0.2) is 19.9 Å². The fourth-order valence-electron chi connectivity index (χ4n) is 4.69. The Morgan fingerprint density at radius 1 is 0.500 bits per heavy atom. The summed E-state index contributed by atoms with van der Waals surface area (Å²) in [6.07, 6.45) is 8.49. The zero-order valence-electron chi connectivity index (χ0n) is 20.3. The van der Waals surface area contributed by atoms with Crippen molar-refractivity contribution in [2.75, 3.05) is 10.6 Å². The molecule has 3 aromatic carbocycles. The maximum Gasteiger partial charge on any atom is 0.227 e. The number of rotatable bonds is 6. The van der Waals surface area contributed by atoms with E-state index in [1.807, 2.05) is 24.3 Å². The van der Waals surface area contributed by atoms with Crippen molar-refractivity contribution in [2.24, 2.45) is 9.98 Å². The van der Waals surface area contributed by atoms with Crippen molar-refractivity contribution in [1.82, 2.24) is 19.9 Å². The van der Waals surface area contributed by atoms with Crippen LogP contribution in [0.4, 0.5) is 34.6 Å². The van der Waals surface area contributed by atoms with Crippen LogP contribution < -0.4 is 10.6 Å². The van der Waals surface area contributed by atoms with E-state index < -0.39 is 0 Å². The molecule has 0 fully saturated rings. The van der Waals surface area contributed by atoms with Crippen molar-refractivity contribution < 1.29 is 0 Å². The lowest BCUT2D eigenvalue weighted by Crippen LogP contribution is -2.03. The van der Waals surface area contributed by atoms with Gasteiger partial charge >= 0.3 is 0 Å². The van der Waals surface area contributed by atoms with Crippen LogP contribution in [0.3, 0.4) is 0 Å². The molecule has 4 heterocycles. The third-order valence-electron chi connectivity index (χ3n) is 6.59. The summed E-state index contributed by atoms with van der Waals surface area (Å²) < 4.78 is 0. The second-order valence-corrected chi connectivity index (χ2v) is 9.13. The van der Waals surface area contributed by atoms with Gasteiger partial charge in [0.1, 0.15) is 0 Å². The molecular weight excluding hydrogens is 472 g/mol. The van der Waals surface area contributed by atoms with Crippen LogP contribution in [0.1, 0.15) is 22.3 Å². The molecule has 0 saturated carbocycles. The monoisotopic (exact) mass is 494 g/mol. The molecule has 2 aromatic heterocycles. The van der Waals surface area contributed by atoms with Gasteiger partial charge in [-0.3, -0.25) is 9.98 Å². The van der Waals surface area contributed by atoms with E-state index in [9.17, 15) is 0 Å². The first kappa shape index (κ1) is 22.0. The lowest BCUT2D eigenvalue weighted by Gasteiger charge is -2.05. The van der Waals surface area contributed by atoms with Crippen molar-refractivity contribution in [3.8, 4) is 0 Å². The molecule has 0 saturated heterocycles. The Morgan fingerprint density at radius 2 is 0.921 bits per heavy atom. The molecule has 0 spiro atoms. The van der Waals surface area contributed by atoms with Gasteiger partial charge in [0, 0.05) is 49.0 Å². The quantitative estimate of drug-likeness (QED) is 0.296. The molecule has 2 aliphatic rings. The molecule has 7 rings (SSSR count). The maximum absolute atomic E-state index is 4.92. The van der Waals surface area contributed by atoms with E-state index in [2.05, 4.69) is 67.0 Å². The SMILES string of the molecule is c1cnc(Nc2ccc3c(c2)N=C(c2ccc(C4=Nc5cc(Nc6ncccn6)ccc5C4)cc2)C3)nc1. The average Bonchev–Trinajstić information content (AvgIpc) is 3.58. The minimum Gasteiger partial charge on any atom is -0.324 e. The molecule has 8 nitrogen and oxygen atoms in total. The normalized spacial score (nSPS) is 13.4. The molecule has 38 heavy (non-hydrogen) atoms. The van der Waals surface area contributed by atoms with Crippen LogP contribution in [0, 0.1) is 0 Å². The second-order valence-electron chi connectivity index (χ2n) is 9.13. The first-order valence-corrected chi connectivity index (χ1v) is 12.4. The number of anilines is 4. The molecule has 0 radical (unpaired) electrons. The molecule has 0 bridgehead atoms. The summed E-state index contributed by atoms with van der Waals surface area (Å²) in [5.41, 5.74) is 10.6. The number of hydrogen-bond acceptors (Lipinski definition) is 8. The number of aliphatic imine (C=N–C) groups is 2. The topological polar surface area (TPSA) is 100 Å². The number of nitrogens with zero attached hydrogens (tertiary/aromatic N) is 6. The molecule has 0 amide bonds. The van der Waals surface area contributed by atoms with E-state index in [1.54, 1.807) is 36.9 Å². The van der Waals surface area contributed by atoms with Gasteiger partial charge < -0.3 is 10.6 Å². The lowest BCUT2D eigenvalue weighted by molar-refractivity contribution is 1.16. The first-order valence-electron chi connectivity index (χ1n) is 12.4. The van der Waals surface area contributed by atoms with Crippen molar-refractivity contribution >= 4 is 46.1 Å². The van der Waals surface area contributed by atoms with Gasteiger partial charge in [0.05, 0.1) is 22.8 Å². The molecule has 2 aliphatic heterocycles. The van der Waals surface area contributed by atoms with Gasteiger partial charge in [-0.2, -0.15) is 0 Å². The highest BCUT2D eigenvalue weighted by Crippen LogP contribution is 2.34. The zero-order valence-corrected chi connectivity index (χ0v) is 20.3. The molecule has 5 aromatic rings. The van der Waals surface area contributed by atoms with E-state index >= 15 is 0 Å². The summed E-state index contributed by atoms with van der Waals surface area (Å²) in [4.78, 5) is 26.8. The van der Waals surface area contributed by atoms with Gasteiger partial charge in [-0.1, -0.05) is 36.4 Å². The second kappa shape index (κ2) is 9.33. The van der Waals surface area contributed by atoms with E-state index in [0.29, 0.717) is 11.9 Å². The summed E-state index contributed by atoms with van der Waals surface area (Å²) in [6.45, 7) is 0. The van der Waals surface area contributed by atoms with E-state index in [-0.39, 0.29) is 0 Å². The number of hydrogen-bond donors (Lipinski definition) is 2. The molecule has 8 heteroatoms. The van der Waals surface area contributed by atoms with Crippen LogP contribution in [0.5, 0.6) is 0 Å². The number of aromatic nitrogens is 4. The van der Waals surface area contributed by atoms with E-state index in [1.165, 1.54) is 11.1 Å². The number of fused-ring (bicyclic) bond motifs is 2. The summed E-state index contributed by atoms with van der Waals surface area (Å²) in [6, 6.07) is 24.6. The van der Waals surface area contributed by atoms with Crippen molar-refractivity contribution in [3.05, 3.63) is 120 Å². The molecule has 2 N–H and O–H groups in total. The zero-order chi connectivity index (χ0) is 25.3. The Kier molecular flexibility index (Phi) is 5.40. The third kappa shape index (κ3) is 4.39. The van der Waals surface area contributed by atoms with Gasteiger partial charge in [0.15, 0.2) is 0 Å². The number of nitrogens with one attached hydrogen (secondary N) is 2. The van der Waals surface area contributed by atoms with Crippen LogP contribution in [0.2, 0.25) is 0 Å². The summed E-state index contributed by atoms with van der Waals surface area (Å²) in [5.74, 6) is 1.14. The van der Waals surface area contributed by atoms with E-state index in [0.717, 1.165) is 58.1 Å². The van der Waals surface area contributed by atoms with Crippen LogP contribution >= 0.6 is 0 Å². The Labute approximate surface area is 219 Å². The largest absolute Gasteiger partial charge is 0.324 e. The van der Waals surface area contributed by atoms with E-state index in [4.69, 9.17) is 9.98 Å². The predicted octanol–water partition coefficient (Wildman–Crippen LogP) is 6.11. The van der Waals surface area contributed by atoms with Crippen molar-refractivity contribution in [2.45, 2.75) is 12.8 Å². The van der Waals surface area contributed by atoms with Crippen molar-refractivity contribution in [3.63, 3.8) is 0 Å². The van der Waals surface area contributed by atoms with Crippen LogP contribution in [0.15, 0.2) is 108 Å². The molecule has 0 aliphatic carbocycles. The summed E-state index contributed by atoms with van der Waals surface area (Å²) in [7, 11) is 0. The highest BCUT2D eigenvalue weighted by atomic mass is 15.1. The Morgan fingerprint density at radius 3 is 1.34 bits per heavy atom. The first-order chi connectivity index (χ1) is 18.8. The van der Waals surface area contributed by atoms with Gasteiger partial charge in [-0.05, 0) is 58.7 Å². The van der Waals surface area contributed by atoms with Crippen LogP contribution in [-0.2, 0) is 12.8 Å². The fraction of sp³-hybridized carbons (Fsp3) is 0.0667. The minimum atomic E-state index is 0.569. The number of benzene rings is 3. The van der Waals surface area contributed by atoms with Crippen molar-refractivity contribution in [1.29, 1.82) is 0 Å². The lowest BCUT2D eigenvalue weighted by atomic mass is 9.99. The minimum absolute atomic E-state index is 0.569. The van der Waals surface area contributed by atoms with Crippen LogP contribution in [-0.4, -0.2) is 31.4 Å². The maximum atomic E-state index is 4.92.